The van der Waals surface area contributed by atoms with Crippen molar-refractivity contribution in [3.63, 3.8) is 0 Å². The summed E-state index contributed by atoms with van der Waals surface area (Å²) in [5, 5.41) is 3.27. The largest absolute Gasteiger partial charge is 0.314 e. The lowest BCUT2D eigenvalue weighted by Gasteiger charge is -2.13. The highest BCUT2D eigenvalue weighted by Gasteiger charge is 2.21. The molecule has 0 bridgehead atoms. The SMILES string of the molecule is CC(C)(F)CCNC1CC1. The average molecular weight is 145 g/mol. The van der Waals surface area contributed by atoms with Crippen molar-refractivity contribution in [1.29, 1.82) is 0 Å². The highest BCUT2D eigenvalue weighted by Crippen LogP contribution is 2.19. The minimum Gasteiger partial charge on any atom is -0.314 e. The van der Waals surface area contributed by atoms with Gasteiger partial charge >= 0.3 is 0 Å². The van der Waals surface area contributed by atoms with Gasteiger partial charge in [-0.1, -0.05) is 0 Å². The molecule has 1 aliphatic rings. The fraction of sp³-hybridized carbons (Fsp3) is 1.00. The quantitative estimate of drug-likeness (QED) is 0.637. The summed E-state index contributed by atoms with van der Waals surface area (Å²) in [6.45, 7) is 4.08. The Morgan fingerprint density at radius 2 is 2.10 bits per heavy atom. The van der Waals surface area contributed by atoms with E-state index in [4.69, 9.17) is 0 Å². The second kappa shape index (κ2) is 2.87. The van der Waals surface area contributed by atoms with Crippen LogP contribution in [0.15, 0.2) is 0 Å². The van der Waals surface area contributed by atoms with Crippen molar-refractivity contribution in [3.8, 4) is 0 Å². The zero-order valence-electron chi connectivity index (χ0n) is 6.78. The third kappa shape index (κ3) is 3.83. The zero-order valence-corrected chi connectivity index (χ0v) is 6.78. The Morgan fingerprint density at radius 3 is 2.50 bits per heavy atom. The minimum absolute atomic E-state index is 0.628. The van der Waals surface area contributed by atoms with E-state index < -0.39 is 5.67 Å². The highest BCUT2D eigenvalue weighted by atomic mass is 19.1. The summed E-state index contributed by atoms with van der Waals surface area (Å²) in [7, 11) is 0. The van der Waals surface area contributed by atoms with Crippen LogP contribution in [0.5, 0.6) is 0 Å². The molecule has 0 aromatic rings. The maximum atomic E-state index is 12.8. The Labute approximate surface area is 62.0 Å². The summed E-state index contributed by atoms with van der Waals surface area (Å²) in [6.07, 6.45) is 3.20. The molecule has 0 heterocycles. The molecule has 10 heavy (non-hydrogen) atoms. The van der Waals surface area contributed by atoms with Crippen LogP contribution in [0.2, 0.25) is 0 Å². The van der Waals surface area contributed by atoms with Crippen LogP contribution >= 0.6 is 0 Å². The van der Waals surface area contributed by atoms with Crippen LogP contribution in [-0.2, 0) is 0 Å². The number of nitrogens with one attached hydrogen (secondary N) is 1. The van der Waals surface area contributed by atoms with Crippen LogP contribution in [0.3, 0.4) is 0 Å². The van der Waals surface area contributed by atoms with Crippen molar-refractivity contribution in [2.45, 2.75) is 44.8 Å². The second-order valence-corrected chi connectivity index (χ2v) is 3.70. The number of rotatable bonds is 4. The number of halogens is 1. The van der Waals surface area contributed by atoms with Crippen molar-refractivity contribution >= 4 is 0 Å². The molecule has 0 amide bonds. The first-order valence-electron chi connectivity index (χ1n) is 4.00. The van der Waals surface area contributed by atoms with Crippen LogP contribution in [0.1, 0.15) is 33.1 Å². The molecule has 1 N–H and O–H groups in total. The normalized spacial score (nSPS) is 19.5. The van der Waals surface area contributed by atoms with Crippen LogP contribution in [0, 0.1) is 0 Å². The Morgan fingerprint density at radius 1 is 1.50 bits per heavy atom. The summed E-state index contributed by atoms with van der Waals surface area (Å²) in [5.74, 6) is 0. The van der Waals surface area contributed by atoms with Crippen molar-refractivity contribution in [3.05, 3.63) is 0 Å². The van der Waals surface area contributed by atoms with Crippen molar-refractivity contribution in [1.82, 2.24) is 5.32 Å². The second-order valence-electron chi connectivity index (χ2n) is 3.70. The molecular formula is C8H16FN. The van der Waals surface area contributed by atoms with Gasteiger partial charge in [0, 0.05) is 6.04 Å². The molecule has 1 nitrogen and oxygen atoms in total. The lowest BCUT2D eigenvalue weighted by molar-refractivity contribution is 0.200. The topological polar surface area (TPSA) is 12.0 Å². The lowest BCUT2D eigenvalue weighted by Crippen LogP contribution is -2.24. The van der Waals surface area contributed by atoms with Gasteiger partial charge in [-0.25, -0.2) is 4.39 Å². The summed E-state index contributed by atoms with van der Waals surface area (Å²) < 4.78 is 12.8. The van der Waals surface area contributed by atoms with E-state index in [1.165, 1.54) is 12.8 Å². The van der Waals surface area contributed by atoms with E-state index in [1.807, 2.05) is 0 Å². The average Bonchev–Trinajstić information content (AvgIpc) is 2.45. The van der Waals surface area contributed by atoms with E-state index in [2.05, 4.69) is 5.32 Å². The molecule has 0 aliphatic heterocycles. The summed E-state index contributed by atoms with van der Waals surface area (Å²) in [5.41, 5.74) is -0.998. The molecular weight excluding hydrogens is 129 g/mol. The maximum absolute atomic E-state index is 12.8. The van der Waals surface area contributed by atoms with Crippen LogP contribution in [-0.4, -0.2) is 18.3 Å². The minimum atomic E-state index is -0.998. The Hall–Kier alpha value is -0.110. The Balaban J connectivity index is 1.93. The highest BCUT2D eigenvalue weighted by molar-refractivity contribution is 4.81. The Bertz CT molecular complexity index is 102. The third-order valence-corrected chi connectivity index (χ3v) is 1.73. The predicted octanol–water partition coefficient (Wildman–Crippen LogP) is 1.88. The summed E-state index contributed by atoms with van der Waals surface area (Å²) in [4.78, 5) is 0. The van der Waals surface area contributed by atoms with Crippen molar-refractivity contribution < 1.29 is 4.39 Å². The first-order valence-corrected chi connectivity index (χ1v) is 4.00. The maximum Gasteiger partial charge on any atom is 0.106 e. The van der Waals surface area contributed by atoms with Crippen LogP contribution < -0.4 is 5.32 Å². The standard InChI is InChI=1S/C8H16FN/c1-8(2,9)5-6-10-7-3-4-7/h7,10H,3-6H2,1-2H3. The first kappa shape index (κ1) is 7.99. The van der Waals surface area contributed by atoms with Gasteiger partial charge in [-0.05, 0) is 39.7 Å². The van der Waals surface area contributed by atoms with Gasteiger partial charge in [0.15, 0.2) is 0 Å². The van der Waals surface area contributed by atoms with Gasteiger partial charge in [-0.3, -0.25) is 0 Å². The van der Waals surface area contributed by atoms with Crippen LogP contribution in [0.25, 0.3) is 0 Å². The van der Waals surface area contributed by atoms with E-state index in [0.717, 1.165) is 6.54 Å². The van der Waals surface area contributed by atoms with E-state index in [1.54, 1.807) is 13.8 Å². The molecule has 1 aliphatic carbocycles. The molecule has 1 rings (SSSR count). The van der Waals surface area contributed by atoms with Crippen LogP contribution in [0.4, 0.5) is 4.39 Å². The van der Waals surface area contributed by atoms with Gasteiger partial charge in [0.05, 0.1) is 0 Å². The molecule has 60 valence electrons. The van der Waals surface area contributed by atoms with Crippen molar-refractivity contribution in [2.24, 2.45) is 0 Å². The molecule has 1 saturated carbocycles. The number of alkyl halides is 1. The molecule has 0 aromatic heterocycles. The predicted molar refractivity (Wildman–Crippen MR) is 40.8 cm³/mol. The summed E-state index contributed by atoms with van der Waals surface area (Å²) in [6, 6.07) is 0.711. The molecule has 0 saturated heterocycles. The van der Waals surface area contributed by atoms with Gasteiger partial charge in [-0.15, -0.1) is 0 Å². The van der Waals surface area contributed by atoms with Gasteiger partial charge in [-0.2, -0.15) is 0 Å². The van der Waals surface area contributed by atoms with Gasteiger partial charge < -0.3 is 5.32 Å². The van der Waals surface area contributed by atoms with E-state index in [0.29, 0.717) is 12.5 Å². The van der Waals surface area contributed by atoms with E-state index in [-0.39, 0.29) is 0 Å². The molecule has 0 atom stereocenters. The smallest absolute Gasteiger partial charge is 0.106 e. The van der Waals surface area contributed by atoms with E-state index in [9.17, 15) is 4.39 Å². The van der Waals surface area contributed by atoms with E-state index >= 15 is 0 Å². The third-order valence-electron chi connectivity index (χ3n) is 1.73. The van der Waals surface area contributed by atoms with Gasteiger partial charge in [0.1, 0.15) is 5.67 Å². The monoisotopic (exact) mass is 145 g/mol. The molecule has 2 heteroatoms. The molecule has 0 spiro atoms. The van der Waals surface area contributed by atoms with Gasteiger partial charge in [0.2, 0.25) is 0 Å². The number of hydrogen-bond acceptors (Lipinski definition) is 1. The lowest BCUT2D eigenvalue weighted by atomic mass is 10.1. The Kier molecular flexibility index (Phi) is 2.29. The van der Waals surface area contributed by atoms with Gasteiger partial charge in [0.25, 0.3) is 0 Å². The molecule has 1 fully saturated rings. The first-order chi connectivity index (χ1) is 4.58. The molecule has 0 unspecified atom stereocenters. The fourth-order valence-electron chi connectivity index (χ4n) is 0.861. The van der Waals surface area contributed by atoms with Crippen molar-refractivity contribution in [2.75, 3.05) is 6.54 Å². The fourth-order valence-corrected chi connectivity index (χ4v) is 0.861. The molecule has 0 aromatic carbocycles. The zero-order chi connectivity index (χ0) is 7.61. The molecule has 0 radical (unpaired) electrons. The summed E-state index contributed by atoms with van der Waals surface area (Å²) >= 11 is 0. The number of hydrogen-bond donors (Lipinski definition) is 1.